The Kier molecular flexibility index (Phi) is 4.71. The molecule has 0 bridgehead atoms. The summed E-state index contributed by atoms with van der Waals surface area (Å²) in [5, 5.41) is 20.6. The van der Waals surface area contributed by atoms with Gasteiger partial charge in [0.2, 0.25) is 11.0 Å². The van der Waals surface area contributed by atoms with Crippen LogP contribution in [0.3, 0.4) is 0 Å². The molecule has 0 unspecified atom stereocenters. The topological polar surface area (TPSA) is 63.3 Å². The van der Waals surface area contributed by atoms with Crippen molar-refractivity contribution >= 4 is 33.9 Å². The highest BCUT2D eigenvalue weighted by atomic mass is 79.9. The van der Waals surface area contributed by atoms with Gasteiger partial charge in [-0.15, -0.1) is 10.2 Å². The minimum atomic E-state index is -2.77. The number of benzene rings is 1. The van der Waals surface area contributed by atoms with E-state index in [-0.39, 0.29) is 10.9 Å². The number of aromatic hydroxyl groups is 1. The molecule has 1 heterocycles. The first kappa shape index (κ1) is 14.9. The largest absolute Gasteiger partial charge is 0.508 e. The zero-order valence-electron chi connectivity index (χ0n) is 10.2. The van der Waals surface area contributed by atoms with E-state index in [4.69, 9.17) is 0 Å². The number of hydrogen-bond donors (Lipinski definition) is 1. The minimum Gasteiger partial charge on any atom is -0.508 e. The van der Waals surface area contributed by atoms with Crippen molar-refractivity contribution in [2.45, 2.75) is 11.6 Å². The van der Waals surface area contributed by atoms with Crippen LogP contribution in [0.1, 0.15) is 17.8 Å². The summed E-state index contributed by atoms with van der Waals surface area (Å²) in [4.78, 5) is 0. The molecule has 1 N–H and O–H groups in total. The molecule has 1 aromatic heterocycles. The normalized spacial score (nSPS) is 11.7. The van der Waals surface area contributed by atoms with Crippen molar-refractivity contribution in [1.82, 2.24) is 14.9 Å². The number of phenols is 1. The second kappa shape index (κ2) is 6.31. The molecule has 0 spiro atoms. The summed E-state index contributed by atoms with van der Waals surface area (Å²) in [7, 11) is 0. The van der Waals surface area contributed by atoms with Gasteiger partial charge in [0.25, 0.3) is 6.43 Å². The van der Waals surface area contributed by atoms with Gasteiger partial charge < -0.3 is 5.11 Å². The van der Waals surface area contributed by atoms with Gasteiger partial charge in [-0.2, -0.15) is 9.78 Å². The maximum Gasteiger partial charge on any atom is 0.299 e. The highest BCUT2D eigenvalue weighted by Crippen LogP contribution is 2.23. The zero-order valence-corrected chi connectivity index (χ0v) is 12.6. The molecule has 0 aliphatic carbocycles. The lowest BCUT2D eigenvalue weighted by Gasteiger charge is -2.03. The maximum absolute atomic E-state index is 12.8. The fourth-order valence-electron chi connectivity index (χ4n) is 1.40. The van der Waals surface area contributed by atoms with Crippen LogP contribution in [0.2, 0.25) is 0 Å². The van der Waals surface area contributed by atoms with Crippen molar-refractivity contribution in [3.63, 3.8) is 0 Å². The van der Waals surface area contributed by atoms with E-state index >= 15 is 0 Å². The Hall–Kier alpha value is -1.48. The highest BCUT2D eigenvalue weighted by molar-refractivity contribution is 9.10. The summed E-state index contributed by atoms with van der Waals surface area (Å²) >= 11 is 4.44. The zero-order chi connectivity index (χ0) is 14.7. The predicted molar refractivity (Wildman–Crippen MR) is 75.6 cm³/mol. The Balaban J connectivity index is 2.40. The Morgan fingerprint density at radius 1 is 1.45 bits per heavy atom. The lowest BCUT2D eigenvalue weighted by Crippen LogP contribution is -2.00. The monoisotopic (exact) mass is 362 g/mol. The van der Waals surface area contributed by atoms with Crippen LogP contribution < -0.4 is 0 Å². The van der Waals surface area contributed by atoms with Gasteiger partial charge in [-0.1, -0.05) is 27.7 Å². The summed E-state index contributed by atoms with van der Waals surface area (Å²) in [6.45, 7) is 0. The molecule has 0 radical (unpaired) electrons. The molecule has 2 rings (SSSR count). The molecule has 0 saturated heterocycles. The van der Waals surface area contributed by atoms with Crippen LogP contribution in [0.5, 0.6) is 5.75 Å². The highest BCUT2D eigenvalue weighted by Gasteiger charge is 2.19. The summed E-state index contributed by atoms with van der Waals surface area (Å²) in [6.07, 6.45) is 0.266. The molecule has 2 aromatic rings. The number of halogens is 3. The van der Waals surface area contributed by atoms with E-state index in [1.165, 1.54) is 18.3 Å². The van der Waals surface area contributed by atoms with Crippen LogP contribution in [0.15, 0.2) is 32.9 Å². The second-order valence-corrected chi connectivity index (χ2v) is 5.24. The summed E-state index contributed by atoms with van der Waals surface area (Å²) in [5.74, 6) is -0.473. The third-order valence-corrected chi connectivity index (χ3v) is 3.65. The molecule has 0 saturated carbocycles. The first-order valence-corrected chi connectivity index (χ1v) is 7.35. The second-order valence-electron chi connectivity index (χ2n) is 3.61. The van der Waals surface area contributed by atoms with Crippen molar-refractivity contribution in [3.05, 3.63) is 34.1 Å². The lowest BCUT2D eigenvalue weighted by atomic mass is 10.2. The van der Waals surface area contributed by atoms with E-state index in [9.17, 15) is 13.9 Å². The maximum atomic E-state index is 12.8. The number of thioether (sulfide) groups is 1. The van der Waals surface area contributed by atoms with Crippen molar-refractivity contribution in [1.29, 1.82) is 0 Å². The molecule has 106 valence electrons. The van der Waals surface area contributed by atoms with E-state index < -0.39 is 12.2 Å². The predicted octanol–water partition coefficient (Wildman–Crippen LogP) is 3.29. The SMILES string of the molecule is CSc1nnc(C(F)F)n1/N=C/c1cc(O)ccc1Br. The molecular formula is C11H9BrF2N4OS. The number of phenolic OH excluding ortho intramolecular Hbond substituents is 1. The fourth-order valence-corrected chi connectivity index (χ4v) is 2.18. The molecule has 20 heavy (non-hydrogen) atoms. The third kappa shape index (κ3) is 3.15. The molecule has 9 heteroatoms. The van der Waals surface area contributed by atoms with Crippen molar-refractivity contribution < 1.29 is 13.9 Å². The van der Waals surface area contributed by atoms with Gasteiger partial charge >= 0.3 is 0 Å². The van der Waals surface area contributed by atoms with Crippen LogP contribution in [0.25, 0.3) is 0 Å². The van der Waals surface area contributed by atoms with Crippen LogP contribution in [-0.4, -0.2) is 32.5 Å². The van der Waals surface area contributed by atoms with E-state index in [2.05, 4.69) is 31.2 Å². The minimum absolute atomic E-state index is 0.0533. The van der Waals surface area contributed by atoms with Gasteiger partial charge in [-0.05, 0) is 24.5 Å². The van der Waals surface area contributed by atoms with Crippen molar-refractivity contribution in [2.24, 2.45) is 5.10 Å². The van der Waals surface area contributed by atoms with E-state index in [1.54, 1.807) is 12.3 Å². The van der Waals surface area contributed by atoms with Crippen LogP contribution in [0.4, 0.5) is 8.78 Å². The Morgan fingerprint density at radius 3 is 2.85 bits per heavy atom. The van der Waals surface area contributed by atoms with Crippen molar-refractivity contribution in [2.75, 3.05) is 6.26 Å². The average molecular weight is 363 g/mol. The molecule has 0 aliphatic rings. The first-order chi connectivity index (χ1) is 9.52. The van der Waals surface area contributed by atoms with Crippen LogP contribution in [-0.2, 0) is 0 Å². The third-order valence-electron chi connectivity index (χ3n) is 2.31. The molecule has 5 nitrogen and oxygen atoms in total. The lowest BCUT2D eigenvalue weighted by molar-refractivity contribution is 0.135. The van der Waals surface area contributed by atoms with Crippen LogP contribution in [0, 0.1) is 0 Å². The molecule has 0 fully saturated rings. The quantitative estimate of drug-likeness (QED) is 0.669. The Labute approximate surface area is 125 Å². The Morgan fingerprint density at radius 2 is 2.20 bits per heavy atom. The number of rotatable bonds is 4. The number of nitrogens with zero attached hydrogens (tertiary/aromatic N) is 4. The molecular weight excluding hydrogens is 354 g/mol. The van der Waals surface area contributed by atoms with Gasteiger partial charge in [-0.25, -0.2) is 8.78 Å². The molecule has 0 atom stereocenters. The van der Waals surface area contributed by atoms with E-state index in [0.29, 0.717) is 10.0 Å². The number of aromatic nitrogens is 3. The summed E-state index contributed by atoms with van der Waals surface area (Å²) in [6, 6.07) is 4.59. The van der Waals surface area contributed by atoms with Gasteiger partial charge in [0.15, 0.2) is 0 Å². The fraction of sp³-hybridized carbons (Fsp3) is 0.182. The van der Waals surface area contributed by atoms with E-state index in [1.807, 2.05) is 0 Å². The summed E-state index contributed by atoms with van der Waals surface area (Å²) < 4.78 is 27.2. The number of hydrogen-bond acceptors (Lipinski definition) is 5. The summed E-state index contributed by atoms with van der Waals surface area (Å²) in [5.41, 5.74) is 0.547. The molecule has 0 amide bonds. The van der Waals surface area contributed by atoms with Crippen LogP contribution >= 0.6 is 27.7 Å². The van der Waals surface area contributed by atoms with E-state index in [0.717, 1.165) is 16.4 Å². The Bertz CT molecular complexity index is 647. The van der Waals surface area contributed by atoms with Gasteiger partial charge in [0.05, 0.1) is 6.21 Å². The number of alkyl halides is 2. The van der Waals surface area contributed by atoms with Gasteiger partial charge in [-0.3, -0.25) is 0 Å². The van der Waals surface area contributed by atoms with Crippen molar-refractivity contribution in [3.8, 4) is 5.75 Å². The molecule has 1 aromatic carbocycles. The smallest absolute Gasteiger partial charge is 0.299 e. The first-order valence-electron chi connectivity index (χ1n) is 5.33. The average Bonchev–Trinajstić information content (AvgIpc) is 2.82. The van der Waals surface area contributed by atoms with Gasteiger partial charge in [0.1, 0.15) is 5.75 Å². The standard InChI is InChI=1S/C11H9BrF2N4OS/c1-20-11-17-16-10(9(13)14)18(11)15-5-6-4-7(19)2-3-8(6)12/h2-5,9,19H,1H3/b15-5+. The molecule has 0 aliphatic heterocycles. The van der Waals surface area contributed by atoms with Gasteiger partial charge in [0, 0.05) is 10.0 Å².